The molecule has 2 aromatic rings. The first-order valence-electron chi connectivity index (χ1n) is 12.0. The number of pyridine rings is 1. The lowest BCUT2D eigenvalue weighted by Crippen LogP contribution is -2.44. The first kappa shape index (κ1) is 28.5. The molecule has 36 heavy (non-hydrogen) atoms. The average molecular weight is 536 g/mol. The number of rotatable bonds is 9. The van der Waals surface area contributed by atoms with Crippen LogP contribution in [-0.4, -0.2) is 45.8 Å². The maximum atomic E-state index is 15.5. The van der Waals surface area contributed by atoms with Crippen LogP contribution in [0.4, 0.5) is 4.39 Å². The van der Waals surface area contributed by atoms with Crippen LogP contribution in [0, 0.1) is 22.6 Å². The van der Waals surface area contributed by atoms with Gasteiger partial charge in [-0.25, -0.2) is 4.39 Å². The van der Waals surface area contributed by atoms with Gasteiger partial charge >= 0.3 is 0 Å². The standard InChI is InChI=1S/C27H32Cl2FN3O3/c1-26(2,3)12-22-27(15-31,21-11-10-16(28)13-32-21)23(18-7-5-8-19(29)24(18)30)25(33-22)20(36)9-4-6-17(35)14-34/h5,7-8,10-11,13,17,22-23,25,33-35H,4,6,9,12,14H2,1-3H3/t17-,22-,23-,25-,27-/m0/s1. The number of aliphatic hydroxyl groups is 2. The van der Waals surface area contributed by atoms with E-state index in [1.165, 1.54) is 12.3 Å². The summed E-state index contributed by atoms with van der Waals surface area (Å²) >= 11 is 12.2. The summed E-state index contributed by atoms with van der Waals surface area (Å²) in [6.45, 7) is 5.71. The molecule has 1 aromatic heterocycles. The zero-order valence-corrected chi connectivity index (χ0v) is 22.2. The molecule has 1 aromatic carbocycles. The Morgan fingerprint density at radius 2 is 2.03 bits per heavy atom. The number of hydrogen-bond donors (Lipinski definition) is 3. The maximum absolute atomic E-state index is 15.5. The summed E-state index contributed by atoms with van der Waals surface area (Å²) in [5.74, 6) is -1.81. The molecule has 0 amide bonds. The number of nitrogens with zero attached hydrogens (tertiary/aromatic N) is 2. The number of halogens is 3. The zero-order valence-electron chi connectivity index (χ0n) is 20.6. The average Bonchev–Trinajstić information content (AvgIpc) is 3.14. The predicted molar refractivity (Wildman–Crippen MR) is 137 cm³/mol. The summed E-state index contributed by atoms with van der Waals surface area (Å²) in [6.07, 6.45) is 1.72. The Morgan fingerprint density at radius 1 is 1.31 bits per heavy atom. The Kier molecular flexibility index (Phi) is 9.13. The van der Waals surface area contributed by atoms with E-state index in [0.29, 0.717) is 23.6 Å². The fourth-order valence-corrected chi connectivity index (χ4v) is 5.44. The molecule has 0 radical (unpaired) electrons. The van der Waals surface area contributed by atoms with Crippen molar-refractivity contribution in [3.63, 3.8) is 0 Å². The fraction of sp³-hybridized carbons (Fsp3) is 0.519. The van der Waals surface area contributed by atoms with Crippen molar-refractivity contribution < 1.29 is 19.4 Å². The molecule has 3 N–H and O–H groups in total. The molecule has 0 unspecified atom stereocenters. The minimum atomic E-state index is -1.39. The number of nitrogens with one attached hydrogen (secondary N) is 1. The third-order valence-electron chi connectivity index (χ3n) is 6.74. The third kappa shape index (κ3) is 5.90. The largest absolute Gasteiger partial charge is 0.394 e. The molecule has 0 bridgehead atoms. The van der Waals surface area contributed by atoms with Gasteiger partial charge in [-0.2, -0.15) is 5.26 Å². The van der Waals surface area contributed by atoms with Crippen molar-refractivity contribution in [1.29, 1.82) is 5.26 Å². The van der Waals surface area contributed by atoms with Crippen molar-refractivity contribution in [2.24, 2.45) is 5.41 Å². The first-order valence-corrected chi connectivity index (χ1v) is 12.7. The fourth-order valence-electron chi connectivity index (χ4n) is 5.14. The van der Waals surface area contributed by atoms with Gasteiger partial charge in [-0.3, -0.25) is 9.78 Å². The van der Waals surface area contributed by atoms with Gasteiger partial charge in [-0.1, -0.05) is 56.1 Å². The van der Waals surface area contributed by atoms with Gasteiger partial charge < -0.3 is 15.5 Å². The second-order valence-corrected chi connectivity index (χ2v) is 11.5. The van der Waals surface area contributed by atoms with Crippen molar-refractivity contribution in [2.45, 2.75) is 76.0 Å². The molecule has 0 saturated carbocycles. The van der Waals surface area contributed by atoms with Crippen LogP contribution in [0.25, 0.3) is 0 Å². The third-order valence-corrected chi connectivity index (χ3v) is 7.26. The van der Waals surface area contributed by atoms with Gasteiger partial charge in [0.2, 0.25) is 0 Å². The zero-order chi connectivity index (χ0) is 26.7. The number of Topliss-reactive ketones (excluding diaryl/α,β-unsaturated/α-hetero) is 1. The van der Waals surface area contributed by atoms with Crippen molar-refractivity contribution in [1.82, 2.24) is 10.3 Å². The van der Waals surface area contributed by atoms with E-state index >= 15 is 4.39 Å². The summed E-state index contributed by atoms with van der Waals surface area (Å²) < 4.78 is 15.5. The molecule has 1 saturated heterocycles. The van der Waals surface area contributed by atoms with E-state index in [4.69, 9.17) is 28.3 Å². The normalized spacial score (nSPS) is 24.9. The van der Waals surface area contributed by atoms with Crippen molar-refractivity contribution in [3.8, 4) is 6.07 Å². The first-order chi connectivity index (χ1) is 16.9. The molecule has 6 nitrogen and oxygen atoms in total. The van der Waals surface area contributed by atoms with E-state index in [9.17, 15) is 15.2 Å². The molecule has 194 valence electrons. The van der Waals surface area contributed by atoms with E-state index in [0.717, 1.165) is 0 Å². The molecule has 3 rings (SSSR count). The van der Waals surface area contributed by atoms with Gasteiger partial charge in [0.25, 0.3) is 0 Å². The molecule has 0 spiro atoms. The quantitative estimate of drug-likeness (QED) is 0.419. The number of ketones is 1. The molecule has 2 heterocycles. The van der Waals surface area contributed by atoms with E-state index in [1.807, 2.05) is 20.8 Å². The number of aliphatic hydroxyl groups excluding tert-OH is 2. The van der Waals surface area contributed by atoms with E-state index in [2.05, 4.69) is 16.4 Å². The smallest absolute Gasteiger partial charge is 0.150 e. The van der Waals surface area contributed by atoms with Crippen LogP contribution in [-0.2, 0) is 10.2 Å². The number of hydrogen-bond acceptors (Lipinski definition) is 6. The Balaban J connectivity index is 2.19. The van der Waals surface area contributed by atoms with Gasteiger partial charge in [-0.15, -0.1) is 0 Å². The molecule has 1 aliphatic rings. The number of aromatic nitrogens is 1. The Labute approximate surface area is 221 Å². The highest BCUT2D eigenvalue weighted by Crippen LogP contribution is 2.51. The van der Waals surface area contributed by atoms with Crippen LogP contribution in [0.1, 0.15) is 63.6 Å². The van der Waals surface area contributed by atoms with Crippen LogP contribution in [0.2, 0.25) is 10.0 Å². The van der Waals surface area contributed by atoms with E-state index in [-0.39, 0.29) is 41.2 Å². The second kappa shape index (κ2) is 11.5. The van der Waals surface area contributed by atoms with Gasteiger partial charge in [0, 0.05) is 24.6 Å². The SMILES string of the molecule is CC(C)(C)C[C@@H]1N[C@@H](C(=O)CCC[C@H](O)CO)[C@H](c2cccc(Cl)c2F)[C@@]1(C#N)c1ccc(Cl)cn1. The molecular weight excluding hydrogens is 504 g/mol. The number of carbonyl (C=O) groups excluding carboxylic acids is 1. The van der Waals surface area contributed by atoms with Gasteiger partial charge in [0.05, 0.1) is 40.6 Å². The highest BCUT2D eigenvalue weighted by atomic mass is 35.5. The van der Waals surface area contributed by atoms with E-state index in [1.54, 1.807) is 24.3 Å². The number of benzene rings is 1. The summed E-state index contributed by atoms with van der Waals surface area (Å²) in [5, 5.41) is 33.3. The lowest BCUT2D eigenvalue weighted by molar-refractivity contribution is -0.121. The van der Waals surface area contributed by atoms with Crippen molar-refractivity contribution in [2.75, 3.05) is 6.61 Å². The lowest BCUT2D eigenvalue weighted by atomic mass is 9.64. The Hall–Kier alpha value is -2.08. The summed E-state index contributed by atoms with van der Waals surface area (Å²) in [6, 6.07) is 8.90. The minimum Gasteiger partial charge on any atom is -0.394 e. The summed E-state index contributed by atoms with van der Waals surface area (Å²) in [5.41, 5.74) is -1.06. The van der Waals surface area contributed by atoms with Crippen LogP contribution >= 0.6 is 23.2 Å². The monoisotopic (exact) mass is 535 g/mol. The number of carbonyl (C=O) groups is 1. The second-order valence-electron chi connectivity index (χ2n) is 10.6. The molecule has 5 atom stereocenters. The maximum Gasteiger partial charge on any atom is 0.150 e. The molecule has 0 aliphatic carbocycles. The highest BCUT2D eigenvalue weighted by molar-refractivity contribution is 6.31. The van der Waals surface area contributed by atoms with E-state index < -0.39 is 35.3 Å². The van der Waals surface area contributed by atoms with Crippen LogP contribution in [0.3, 0.4) is 0 Å². The summed E-state index contributed by atoms with van der Waals surface area (Å²) in [7, 11) is 0. The molecular formula is C27H32Cl2FN3O3. The van der Waals surface area contributed by atoms with Gasteiger partial charge in [-0.05, 0) is 48.4 Å². The Bertz CT molecular complexity index is 1120. The number of nitriles is 1. The highest BCUT2D eigenvalue weighted by Gasteiger charge is 2.60. The van der Waals surface area contributed by atoms with Gasteiger partial charge in [0.15, 0.2) is 0 Å². The van der Waals surface area contributed by atoms with Crippen LogP contribution in [0.15, 0.2) is 36.5 Å². The van der Waals surface area contributed by atoms with Crippen molar-refractivity contribution >= 4 is 29.0 Å². The van der Waals surface area contributed by atoms with Crippen molar-refractivity contribution in [3.05, 3.63) is 63.6 Å². The topological polar surface area (TPSA) is 106 Å². The molecule has 1 aliphatic heterocycles. The lowest BCUT2D eigenvalue weighted by Gasteiger charge is -2.36. The van der Waals surface area contributed by atoms with Gasteiger partial charge in [0.1, 0.15) is 17.0 Å². The summed E-state index contributed by atoms with van der Waals surface area (Å²) in [4.78, 5) is 18.1. The Morgan fingerprint density at radius 3 is 2.61 bits per heavy atom. The molecule has 9 heteroatoms. The van der Waals surface area contributed by atoms with Crippen LogP contribution in [0.5, 0.6) is 0 Å². The minimum absolute atomic E-state index is 0.0885. The predicted octanol–water partition coefficient (Wildman–Crippen LogP) is 4.94. The van der Waals surface area contributed by atoms with Crippen LogP contribution < -0.4 is 5.32 Å². The molecule has 1 fully saturated rings.